The van der Waals surface area contributed by atoms with Gasteiger partial charge in [-0.2, -0.15) is 0 Å². The number of hydrogen-bond acceptors (Lipinski definition) is 5. The monoisotopic (exact) mass is 230 g/mol. The molecule has 0 saturated carbocycles. The zero-order valence-electron chi connectivity index (χ0n) is 7.26. The number of aromatic nitrogens is 2. The van der Waals surface area contributed by atoms with E-state index in [9.17, 15) is 14.4 Å². The zero-order valence-corrected chi connectivity index (χ0v) is 8.08. The van der Waals surface area contributed by atoms with Gasteiger partial charge < -0.3 is 20.0 Å². The molecule has 3 N–H and O–H groups in total. The molecule has 0 spiro atoms. The number of aldehydes is 1. The summed E-state index contributed by atoms with van der Waals surface area (Å²) in [5, 5.41) is 17.4. The van der Waals surface area contributed by atoms with Crippen LogP contribution in [0.1, 0.15) is 21.0 Å². The number of aromatic amines is 1. The molecule has 0 fully saturated rings. The highest BCUT2D eigenvalue weighted by Gasteiger charge is 2.21. The zero-order chi connectivity index (χ0) is 11.4. The van der Waals surface area contributed by atoms with Gasteiger partial charge in [-0.1, -0.05) is 11.8 Å². The van der Waals surface area contributed by atoms with Crippen molar-refractivity contribution in [2.45, 2.75) is 5.16 Å². The third-order valence-corrected chi connectivity index (χ3v) is 2.16. The second-order valence-corrected chi connectivity index (χ2v) is 3.36. The van der Waals surface area contributed by atoms with Gasteiger partial charge in [-0.05, 0) is 0 Å². The maximum absolute atomic E-state index is 10.6. The summed E-state index contributed by atoms with van der Waals surface area (Å²) >= 11 is 0.929. The van der Waals surface area contributed by atoms with Crippen molar-refractivity contribution in [1.29, 1.82) is 0 Å². The summed E-state index contributed by atoms with van der Waals surface area (Å²) in [7, 11) is 0. The molecule has 0 aliphatic carbocycles. The molecule has 0 bridgehead atoms. The number of aromatic carboxylic acids is 2. The standard InChI is InChI=1S/C7H6N2O5S/c10-1-2-15-7-8-3(5(11)12)4(9-7)6(13)14/h1H,2H2,(H,8,9)(H,11,12)(H,13,14). The lowest BCUT2D eigenvalue weighted by Crippen LogP contribution is -2.07. The van der Waals surface area contributed by atoms with E-state index in [1.807, 2.05) is 0 Å². The van der Waals surface area contributed by atoms with Gasteiger partial charge >= 0.3 is 11.9 Å². The molecule has 0 radical (unpaired) electrons. The number of nitrogens with zero attached hydrogens (tertiary/aromatic N) is 1. The number of H-pyrrole nitrogens is 1. The van der Waals surface area contributed by atoms with Crippen LogP contribution in [0.2, 0.25) is 0 Å². The van der Waals surface area contributed by atoms with Gasteiger partial charge in [0.2, 0.25) is 0 Å². The molecule has 1 rings (SSSR count). The molecule has 1 aromatic rings. The minimum atomic E-state index is -1.43. The molecule has 8 heteroatoms. The minimum absolute atomic E-state index is 0.0750. The van der Waals surface area contributed by atoms with Crippen LogP contribution < -0.4 is 0 Å². The summed E-state index contributed by atoms with van der Waals surface area (Å²) in [6.07, 6.45) is 0.605. The molecule has 1 heterocycles. The molecular formula is C7H6N2O5S. The molecule has 0 atom stereocenters. The molecule has 0 aromatic carbocycles. The van der Waals surface area contributed by atoms with Crippen LogP contribution >= 0.6 is 11.8 Å². The third-order valence-electron chi connectivity index (χ3n) is 1.39. The number of rotatable bonds is 5. The molecule has 7 nitrogen and oxygen atoms in total. The number of hydrogen-bond donors (Lipinski definition) is 3. The fourth-order valence-electron chi connectivity index (χ4n) is 0.842. The van der Waals surface area contributed by atoms with Crippen LogP contribution in [0, 0.1) is 0 Å². The Kier molecular flexibility index (Phi) is 3.45. The topological polar surface area (TPSA) is 120 Å². The van der Waals surface area contributed by atoms with Crippen molar-refractivity contribution in [3.05, 3.63) is 11.4 Å². The fraction of sp³-hybridized carbons (Fsp3) is 0.143. The number of carboxylic acids is 2. The van der Waals surface area contributed by atoms with E-state index in [0.717, 1.165) is 11.8 Å². The lowest BCUT2D eigenvalue weighted by Gasteiger charge is -1.88. The van der Waals surface area contributed by atoms with E-state index < -0.39 is 23.3 Å². The Balaban J connectivity index is 3.03. The lowest BCUT2D eigenvalue weighted by molar-refractivity contribution is -0.105. The second-order valence-electron chi connectivity index (χ2n) is 2.35. The van der Waals surface area contributed by atoms with E-state index in [4.69, 9.17) is 10.2 Å². The number of carboxylic acid groups (broad SMARTS) is 2. The molecular weight excluding hydrogens is 224 g/mol. The van der Waals surface area contributed by atoms with Gasteiger partial charge in [0.05, 0.1) is 5.75 Å². The van der Waals surface area contributed by atoms with Crippen LogP contribution in [0.4, 0.5) is 0 Å². The summed E-state index contributed by atoms with van der Waals surface area (Å²) < 4.78 is 0. The van der Waals surface area contributed by atoms with E-state index in [-0.39, 0.29) is 10.9 Å². The first-order chi connectivity index (χ1) is 7.06. The number of carbonyl (C=O) groups excluding carboxylic acids is 1. The van der Waals surface area contributed by atoms with Gasteiger partial charge in [-0.3, -0.25) is 0 Å². The summed E-state index contributed by atoms with van der Waals surface area (Å²) in [5.41, 5.74) is -1.05. The van der Waals surface area contributed by atoms with Gasteiger partial charge in [0, 0.05) is 0 Å². The molecule has 0 saturated heterocycles. The van der Waals surface area contributed by atoms with Gasteiger partial charge in [-0.25, -0.2) is 14.6 Å². The maximum Gasteiger partial charge on any atom is 0.357 e. The third kappa shape index (κ3) is 2.56. The molecule has 1 aromatic heterocycles. The van der Waals surface area contributed by atoms with Gasteiger partial charge in [0.1, 0.15) is 6.29 Å². The van der Waals surface area contributed by atoms with Crippen LogP contribution in [-0.2, 0) is 4.79 Å². The van der Waals surface area contributed by atoms with Gasteiger partial charge in [0.15, 0.2) is 16.5 Å². The molecule has 0 aliphatic heterocycles. The predicted molar refractivity (Wildman–Crippen MR) is 49.3 cm³/mol. The summed E-state index contributed by atoms with van der Waals surface area (Å²) in [5.74, 6) is -2.76. The normalized spacial score (nSPS) is 9.87. The van der Waals surface area contributed by atoms with Crippen molar-refractivity contribution >= 4 is 30.0 Å². The van der Waals surface area contributed by atoms with Crippen LogP contribution in [0.15, 0.2) is 5.16 Å². The molecule has 15 heavy (non-hydrogen) atoms. The van der Waals surface area contributed by atoms with Gasteiger partial charge in [-0.15, -0.1) is 0 Å². The molecule has 80 valence electrons. The van der Waals surface area contributed by atoms with E-state index in [0.29, 0.717) is 6.29 Å². The van der Waals surface area contributed by atoms with Crippen LogP contribution in [0.25, 0.3) is 0 Å². The van der Waals surface area contributed by atoms with Crippen molar-refractivity contribution < 1.29 is 24.6 Å². The van der Waals surface area contributed by atoms with E-state index in [2.05, 4.69) is 9.97 Å². The smallest absolute Gasteiger partial charge is 0.357 e. The largest absolute Gasteiger partial charge is 0.477 e. The maximum atomic E-state index is 10.6. The van der Waals surface area contributed by atoms with Crippen molar-refractivity contribution in [3.63, 3.8) is 0 Å². The number of thioether (sulfide) groups is 1. The van der Waals surface area contributed by atoms with E-state index >= 15 is 0 Å². The molecule has 0 unspecified atom stereocenters. The Morgan fingerprint density at radius 1 is 1.40 bits per heavy atom. The van der Waals surface area contributed by atoms with Crippen molar-refractivity contribution in [3.8, 4) is 0 Å². The quantitative estimate of drug-likeness (QED) is 0.484. The van der Waals surface area contributed by atoms with Gasteiger partial charge in [0.25, 0.3) is 0 Å². The lowest BCUT2D eigenvalue weighted by atomic mass is 10.3. The Morgan fingerprint density at radius 3 is 2.47 bits per heavy atom. The number of imidazole rings is 1. The molecule has 0 amide bonds. The first kappa shape index (κ1) is 11.2. The number of carbonyl (C=O) groups is 3. The first-order valence-corrected chi connectivity index (χ1v) is 4.68. The Labute approximate surface area is 87.5 Å². The van der Waals surface area contributed by atoms with Crippen molar-refractivity contribution in [1.82, 2.24) is 9.97 Å². The highest BCUT2D eigenvalue weighted by atomic mass is 32.2. The van der Waals surface area contributed by atoms with Crippen molar-refractivity contribution in [2.24, 2.45) is 0 Å². The second kappa shape index (κ2) is 4.60. The van der Waals surface area contributed by atoms with Crippen LogP contribution in [0.3, 0.4) is 0 Å². The fourth-order valence-corrected chi connectivity index (χ4v) is 1.40. The van der Waals surface area contributed by atoms with Crippen LogP contribution in [0.5, 0.6) is 0 Å². The Bertz CT molecular complexity index is 382. The summed E-state index contributed by atoms with van der Waals surface area (Å²) in [6.45, 7) is 0. The highest BCUT2D eigenvalue weighted by Crippen LogP contribution is 2.16. The van der Waals surface area contributed by atoms with Crippen molar-refractivity contribution in [2.75, 3.05) is 5.75 Å². The average molecular weight is 230 g/mol. The minimum Gasteiger partial charge on any atom is -0.477 e. The first-order valence-electron chi connectivity index (χ1n) is 3.69. The SMILES string of the molecule is O=CCSc1nc(C(=O)O)c(C(=O)O)[nH]1. The van der Waals surface area contributed by atoms with E-state index in [1.165, 1.54) is 0 Å². The summed E-state index contributed by atoms with van der Waals surface area (Å²) in [4.78, 5) is 37.1. The Hall–Kier alpha value is -1.83. The predicted octanol–water partition coefficient (Wildman–Crippen LogP) is 0.0971. The van der Waals surface area contributed by atoms with E-state index in [1.54, 1.807) is 0 Å². The Morgan fingerprint density at radius 2 is 2.07 bits per heavy atom. The average Bonchev–Trinajstić information content (AvgIpc) is 2.58. The molecule has 0 aliphatic rings. The highest BCUT2D eigenvalue weighted by molar-refractivity contribution is 7.99. The number of nitrogens with one attached hydrogen (secondary N) is 1. The summed E-state index contributed by atoms with van der Waals surface area (Å²) in [6, 6.07) is 0. The van der Waals surface area contributed by atoms with Crippen LogP contribution in [-0.4, -0.2) is 44.2 Å².